The van der Waals surface area contributed by atoms with E-state index in [0.717, 1.165) is 13.1 Å². The van der Waals surface area contributed by atoms with Crippen LogP contribution in [0.5, 0.6) is 0 Å². The molecule has 0 aliphatic carbocycles. The third-order valence-electron chi connectivity index (χ3n) is 2.78. The van der Waals surface area contributed by atoms with Crippen molar-refractivity contribution in [3.05, 3.63) is 35.9 Å². The minimum Gasteiger partial charge on any atom is -0.371 e. The van der Waals surface area contributed by atoms with E-state index < -0.39 is 0 Å². The smallest absolute Gasteiger partial charge is 0.0396 e. The molecule has 0 amide bonds. The van der Waals surface area contributed by atoms with Gasteiger partial charge in [-0.25, -0.2) is 0 Å². The molecule has 16 heavy (non-hydrogen) atoms. The van der Waals surface area contributed by atoms with E-state index in [1.54, 1.807) is 0 Å². The van der Waals surface area contributed by atoms with Gasteiger partial charge in [0, 0.05) is 18.8 Å². The Labute approximate surface area is 99.8 Å². The quantitative estimate of drug-likeness (QED) is 0.688. The van der Waals surface area contributed by atoms with E-state index in [2.05, 4.69) is 50.4 Å². The van der Waals surface area contributed by atoms with Crippen LogP contribution in [0.2, 0.25) is 0 Å². The van der Waals surface area contributed by atoms with Crippen LogP contribution in [0.15, 0.2) is 24.8 Å². The van der Waals surface area contributed by atoms with Gasteiger partial charge in [-0.2, -0.15) is 0 Å². The molecule has 88 valence electrons. The summed E-state index contributed by atoms with van der Waals surface area (Å²) < 4.78 is 0. The number of hydrogen-bond donors (Lipinski definition) is 0. The molecule has 1 rings (SSSR count). The summed E-state index contributed by atoms with van der Waals surface area (Å²) >= 11 is 0. The van der Waals surface area contributed by atoms with Crippen LogP contribution in [-0.2, 0) is 0 Å². The van der Waals surface area contributed by atoms with Gasteiger partial charge in [-0.15, -0.1) is 0 Å². The van der Waals surface area contributed by atoms with E-state index in [0.29, 0.717) is 0 Å². The maximum Gasteiger partial charge on any atom is 0.0396 e. The molecule has 0 aliphatic rings. The third kappa shape index (κ3) is 3.13. The number of rotatable bonds is 6. The van der Waals surface area contributed by atoms with Gasteiger partial charge in [0.15, 0.2) is 0 Å². The van der Waals surface area contributed by atoms with Crippen LogP contribution < -0.4 is 4.90 Å². The molecule has 0 unspecified atom stereocenters. The Bertz CT molecular complexity index is 335. The second kappa shape index (κ2) is 6.37. The van der Waals surface area contributed by atoms with Crippen molar-refractivity contribution in [3.63, 3.8) is 0 Å². The SMILES string of the molecule is C=Cc1ccc(N(CCC)CCC)c(C)c1. The first-order chi connectivity index (χ1) is 7.72. The van der Waals surface area contributed by atoms with Gasteiger partial charge >= 0.3 is 0 Å². The molecule has 0 radical (unpaired) electrons. The lowest BCUT2D eigenvalue weighted by Crippen LogP contribution is -2.25. The summed E-state index contributed by atoms with van der Waals surface area (Å²) in [5.74, 6) is 0. The predicted molar refractivity (Wildman–Crippen MR) is 74.1 cm³/mol. The van der Waals surface area contributed by atoms with E-state index >= 15 is 0 Å². The lowest BCUT2D eigenvalue weighted by molar-refractivity contribution is 0.743. The van der Waals surface area contributed by atoms with Crippen molar-refractivity contribution < 1.29 is 0 Å². The van der Waals surface area contributed by atoms with Gasteiger partial charge < -0.3 is 4.90 Å². The number of nitrogens with zero attached hydrogens (tertiary/aromatic N) is 1. The first-order valence-electron chi connectivity index (χ1n) is 6.21. The monoisotopic (exact) mass is 217 g/mol. The van der Waals surface area contributed by atoms with Crippen molar-refractivity contribution in [2.45, 2.75) is 33.6 Å². The molecule has 1 aromatic rings. The third-order valence-corrected chi connectivity index (χ3v) is 2.78. The van der Waals surface area contributed by atoms with Gasteiger partial charge in [0.1, 0.15) is 0 Å². The highest BCUT2D eigenvalue weighted by Gasteiger charge is 2.07. The second-order valence-corrected chi connectivity index (χ2v) is 4.24. The van der Waals surface area contributed by atoms with Gasteiger partial charge in [-0.3, -0.25) is 0 Å². The van der Waals surface area contributed by atoms with Gasteiger partial charge in [0.2, 0.25) is 0 Å². The Balaban J connectivity index is 2.94. The van der Waals surface area contributed by atoms with Crippen LogP contribution >= 0.6 is 0 Å². The maximum absolute atomic E-state index is 3.81. The van der Waals surface area contributed by atoms with E-state index in [1.165, 1.54) is 29.7 Å². The van der Waals surface area contributed by atoms with Crippen molar-refractivity contribution >= 4 is 11.8 Å². The number of hydrogen-bond acceptors (Lipinski definition) is 1. The van der Waals surface area contributed by atoms with Crippen molar-refractivity contribution in [2.75, 3.05) is 18.0 Å². The number of aryl methyl sites for hydroxylation is 1. The van der Waals surface area contributed by atoms with Crippen LogP contribution in [0.25, 0.3) is 6.08 Å². The van der Waals surface area contributed by atoms with E-state index in [9.17, 15) is 0 Å². The maximum atomic E-state index is 3.81. The molecule has 0 heterocycles. The van der Waals surface area contributed by atoms with Gasteiger partial charge in [0.05, 0.1) is 0 Å². The summed E-state index contributed by atoms with van der Waals surface area (Å²) in [7, 11) is 0. The summed E-state index contributed by atoms with van der Waals surface area (Å²) in [6, 6.07) is 6.58. The zero-order chi connectivity index (χ0) is 12.0. The topological polar surface area (TPSA) is 3.24 Å². The highest BCUT2D eigenvalue weighted by molar-refractivity contribution is 5.59. The highest BCUT2D eigenvalue weighted by Crippen LogP contribution is 2.22. The zero-order valence-corrected chi connectivity index (χ0v) is 10.8. The van der Waals surface area contributed by atoms with Crippen LogP contribution in [0, 0.1) is 6.92 Å². The number of benzene rings is 1. The average molecular weight is 217 g/mol. The molecule has 0 bridgehead atoms. The Morgan fingerprint density at radius 2 is 1.81 bits per heavy atom. The van der Waals surface area contributed by atoms with Gasteiger partial charge in [0.25, 0.3) is 0 Å². The summed E-state index contributed by atoms with van der Waals surface area (Å²) in [4.78, 5) is 2.47. The largest absolute Gasteiger partial charge is 0.371 e. The second-order valence-electron chi connectivity index (χ2n) is 4.24. The summed E-state index contributed by atoms with van der Waals surface area (Å²) in [6.07, 6.45) is 4.30. The molecule has 0 saturated heterocycles. The first kappa shape index (κ1) is 12.8. The summed E-state index contributed by atoms with van der Waals surface area (Å²) in [5.41, 5.74) is 3.92. The summed E-state index contributed by atoms with van der Waals surface area (Å²) in [5, 5.41) is 0. The molecule has 1 heteroatoms. The van der Waals surface area contributed by atoms with Crippen molar-refractivity contribution in [1.29, 1.82) is 0 Å². The number of anilines is 1. The van der Waals surface area contributed by atoms with E-state index in [-0.39, 0.29) is 0 Å². The highest BCUT2D eigenvalue weighted by atomic mass is 15.1. The Kier molecular flexibility index (Phi) is 5.10. The summed E-state index contributed by atoms with van der Waals surface area (Å²) in [6.45, 7) is 12.7. The Hall–Kier alpha value is -1.24. The molecule has 1 aromatic carbocycles. The van der Waals surface area contributed by atoms with Gasteiger partial charge in [-0.1, -0.05) is 38.6 Å². The molecular weight excluding hydrogens is 194 g/mol. The van der Waals surface area contributed by atoms with Crippen LogP contribution in [0.1, 0.15) is 37.8 Å². The van der Waals surface area contributed by atoms with E-state index in [1.807, 2.05) is 6.08 Å². The molecule has 0 fully saturated rings. The predicted octanol–water partition coefficient (Wildman–Crippen LogP) is 4.26. The molecular formula is C15H23N. The first-order valence-corrected chi connectivity index (χ1v) is 6.21. The standard InChI is InChI=1S/C15H23N/c1-5-10-16(11-6-2)15-9-8-14(7-3)12-13(15)4/h7-9,12H,3,5-6,10-11H2,1-2,4H3. The van der Waals surface area contributed by atoms with Gasteiger partial charge in [-0.05, 0) is 37.0 Å². The van der Waals surface area contributed by atoms with Crippen LogP contribution in [-0.4, -0.2) is 13.1 Å². The molecule has 0 aromatic heterocycles. The van der Waals surface area contributed by atoms with E-state index in [4.69, 9.17) is 0 Å². The van der Waals surface area contributed by atoms with Crippen molar-refractivity contribution in [2.24, 2.45) is 0 Å². The van der Waals surface area contributed by atoms with Crippen molar-refractivity contribution in [3.8, 4) is 0 Å². The van der Waals surface area contributed by atoms with Crippen LogP contribution in [0.4, 0.5) is 5.69 Å². The Morgan fingerprint density at radius 3 is 2.25 bits per heavy atom. The molecule has 0 atom stereocenters. The molecule has 1 nitrogen and oxygen atoms in total. The fraction of sp³-hybridized carbons (Fsp3) is 0.467. The molecule has 0 saturated carbocycles. The molecule has 0 N–H and O–H groups in total. The lowest BCUT2D eigenvalue weighted by atomic mass is 10.1. The Morgan fingerprint density at radius 1 is 1.19 bits per heavy atom. The minimum absolute atomic E-state index is 1.14. The van der Waals surface area contributed by atoms with Crippen molar-refractivity contribution in [1.82, 2.24) is 0 Å². The molecule has 0 spiro atoms. The lowest BCUT2D eigenvalue weighted by Gasteiger charge is -2.25. The fourth-order valence-corrected chi connectivity index (χ4v) is 2.05. The molecule has 0 aliphatic heterocycles. The fourth-order valence-electron chi connectivity index (χ4n) is 2.05. The average Bonchev–Trinajstić information content (AvgIpc) is 2.29. The van der Waals surface area contributed by atoms with Crippen LogP contribution in [0.3, 0.4) is 0 Å². The normalized spacial score (nSPS) is 10.2. The zero-order valence-electron chi connectivity index (χ0n) is 10.8. The minimum atomic E-state index is 1.14.